The molecule has 0 aliphatic carbocycles. The molecule has 13 heavy (non-hydrogen) atoms. The first-order valence-electron chi connectivity index (χ1n) is 3.57. The number of alkyl halides is 2. The van der Waals surface area contributed by atoms with E-state index in [0.29, 0.717) is 4.43 Å². The summed E-state index contributed by atoms with van der Waals surface area (Å²) in [4.78, 5) is 10.3. The van der Waals surface area contributed by atoms with Crippen LogP contribution in [0.2, 0.25) is 0 Å². The zero-order valence-corrected chi connectivity index (χ0v) is 11.0. The predicted molar refractivity (Wildman–Crippen MR) is 68.5 cm³/mol. The van der Waals surface area contributed by atoms with Crippen LogP contribution in [0, 0.1) is 10.1 Å². The summed E-state index contributed by atoms with van der Waals surface area (Å²) in [6.07, 6.45) is 0. The molecule has 0 amide bonds. The molecule has 1 aromatic carbocycles. The van der Waals surface area contributed by atoms with Gasteiger partial charge in [0.2, 0.25) is 0 Å². The molecular formula is C8H7I2NO2. The molecule has 0 fully saturated rings. The molecule has 3 nitrogen and oxygen atoms in total. The van der Waals surface area contributed by atoms with Gasteiger partial charge in [0.25, 0.3) is 5.69 Å². The number of halogens is 2. The van der Waals surface area contributed by atoms with E-state index < -0.39 is 0 Å². The molecule has 0 saturated carbocycles. The van der Waals surface area contributed by atoms with Gasteiger partial charge in [0.05, 0.1) is 4.92 Å². The van der Waals surface area contributed by atoms with Gasteiger partial charge in [-0.15, -0.1) is 0 Å². The van der Waals surface area contributed by atoms with Crippen molar-refractivity contribution in [1.82, 2.24) is 0 Å². The average molecular weight is 403 g/mol. The minimum Gasteiger partial charge on any atom is -0.258 e. The van der Waals surface area contributed by atoms with E-state index in [1.165, 1.54) is 0 Å². The molecule has 1 aromatic rings. The standard InChI is InChI=1S/C8H7I2NO2/c9-4-6-2-1-3-8(11(12)13)7(6)5-10/h1-3H,4-5H2. The smallest absolute Gasteiger partial charge is 0.258 e. The number of rotatable bonds is 3. The van der Waals surface area contributed by atoms with Crippen LogP contribution in [-0.2, 0) is 8.86 Å². The Morgan fingerprint density at radius 3 is 2.46 bits per heavy atom. The Kier molecular flexibility index (Phi) is 4.36. The summed E-state index contributed by atoms with van der Waals surface area (Å²) in [6.45, 7) is 0. The van der Waals surface area contributed by atoms with Gasteiger partial charge >= 0.3 is 0 Å². The van der Waals surface area contributed by atoms with Crippen LogP contribution in [0.5, 0.6) is 0 Å². The van der Waals surface area contributed by atoms with Crippen LogP contribution in [0.1, 0.15) is 11.1 Å². The highest BCUT2D eigenvalue weighted by molar-refractivity contribution is 14.1. The first-order chi connectivity index (χ1) is 6.20. The van der Waals surface area contributed by atoms with Crippen LogP contribution in [0.15, 0.2) is 18.2 Å². The van der Waals surface area contributed by atoms with Gasteiger partial charge in [0.15, 0.2) is 0 Å². The van der Waals surface area contributed by atoms with Crippen molar-refractivity contribution in [3.8, 4) is 0 Å². The fourth-order valence-electron chi connectivity index (χ4n) is 1.07. The van der Waals surface area contributed by atoms with Crippen molar-refractivity contribution in [1.29, 1.82) is 0 Å². The fraction of sp³-hybridized carbons (Fsp3) is 0.250. The topological polar surface area (TPSA) is 43.1 Å². The first-order valence-corrected chi connectivity index (χ1v) is 6.63. The van der Waals surface area contributed by atoms with Crippen LogP contribution in [0.4, 0.5) is 5.69 Å². The van der Waals surface area contributed by atoms with Gasteiger partial charge in [-0.25, -0.2) is 0 Å². The molecule has 0 N–H and O–H groups in total. The Bertz CT molecular complexity index is 328. The maximum absolute atomic E-state index is 10.6. The zero-order valence-electron chi connectivity index (χ0n) is 6.67. The molecule has 1 rings (SSSR count). The molecule has 0 saturated heterocycles. The first kappa shape index (κ1) is 11.2. The van der Waals surface area contributed by atoms with Crippen molar-refractivity contribution in [2.75, 3.05) is 0 Å². The monoisotopic (exact) mass is 403 g/mol. The van der Waals surface area contributed by atoms with Crippen LogP contribution in [0.25, 0.3) is 0 Å². The van der Waals surface area contributed by atoms with Gasteiger partial charge in [0.1, 0.15) is 0 Å². The minimum absolute atomic E-state index is 0.239. The zero-order chi connectivity index (χ0) is 9.84. The van der Waals surface area contributed by atoms with Crippen LogP contribution >= 0.6 is 45.2 Å². The van der Waals surface area contributed by atoms with E-state index >= 15 is 0 Å². The number of hydrogen-bond acceptors (Lipinski definition) is 2. The van der Waals surface area contributed by atoms with Crippen molar-refractivity contribution in [3.05, 3.63) is 39.4 Å². The van der Waals surface area contributed by atoms with Gasteiger partial charge < -0.3 is 0 Å². The number of benzene rings is 1. The Hall–Kier alpha value is 0.0800. The highest BCUT2D eigenvalue weighted by Crippen LogP contribution is 2.26. The Morgan fingerprint density at radius 1 is 1.31 bits per heavy atom. The van der Waals surface area contributed by atoms with Crippen molar-refractivity contribution in [3.63, 3.8) is 0 Å². The second-order valence-corrected chi connectivity index (χ2v) is 3.96. The quantitative estimate of drug-likeness (QED) is 0.336. The van der Waals surface area contributed by atoms with E-state index in [1.807, 2.05) is 6.07 Å². The number of nitrogens with zero attached hydrogens (tertiary/aromatic N) is 1. The molecule has 0 unspecified atom stereocenters. The summed E-state index contributed by atoms with van der Waals surface area (Å²) in [5.41, 5.74) is 2.15. The second-order valence-electron chi connectivity index (χ2n) is 2.44. The summed E-state index contributed by atoms with van der Waals surface area (Å²) in [5, 5.41) is 10.6. The second kappa shape index (κ2) is 5.08. The SMILES string of the molecule is O=[N+]([O-])c1cccc(CI)c1CI. The number of hydrogen-bond donors (Lipinski definition) is 0. The van der Waals surface area contributed by atoms with E-state index in [2.05, 4.69) is 45.2 Å². The molecule has 0 radical (unpaired) electrons. The fourth-order valence-corrected chi connectivity index (χ4v) is 2.67. The third-order valence-electron chi connectivity index (χ3n) is 1.72. The number of nitro groups is 1. The molecule has 0 aliphatic rings. The van der Waals surface area contributed by atoms with Gasteiger partial charge in [-0.1, -0.05) is 57.3 Å². The molecular weight excluding hydrogens is 396 g/mol. The van der Waals surface area contributed by atoms with E-state index in [-0.39, 0.29) is 10.6 Å². The lowest BCUT2D eigenvalue weighted by Gasteiger charge is -2.03. The highest BCUT2D eigenvalue weighted by atomic mass is 127. The van der Waals surface area contributed by atoms with E-state index in [0.717, 1.165) is 15.6 Å². The molecule has 5 heteroatoms. The lowest BCUT2D eigenvalue weighted by molar-refractivity contribution is -0.385. The van der Waals surface area contributed by atoms with Crippen molar-refractivity contribution in [2.24, 2.45) is 0 Å². The summed E-state index contributed by atoms with van der Waals surface area (Å²) < 4.78 is 1.50. The Balaban J connectivity index is 3.27. The van der Waals surface area contributed by atoms with Crippen LogP contribution < -0.4 is 0 Å². The molecule has 0 aromatic heterocycles. The largest absolute Gasteiger partial charge is 0.273 e. The summed E-state index contributed by atoms with van der Waals surface area (Å²) in [6, 6.07) is 5.24. The van der Waals surface area contributed by atoms with E-state index in [4.69, 9.17) is 0 Å². The summed E-state index contributed by atoms with van der Waals surface area (Å²) in [5.74, 6) is 0. The highest BCUT2D eigenvalue weighted by Gasteiger charge is 2.14. The van der Waals surface area contributed by atoms with Crippen molar-refractivity contribution >= 4 is 50.9 Å². The minimum atomic E-state index is -0.316. The van der Waals surface area contributed by atoms with E-state index in [9.17, 15) is 10.1 Å². The molecule has 0 atom stereocenters. The molecule has 0 spiro atoms. The van der Waals surface area contributed by atoms with E-state index in [1.54, 1.807) is 12.1 Å². The molecule has 70 valence electrons. The Labute approximate surface area is 103 Å². The normalized spacial score (nSPS) is 10.0. The lowest BCUT2D eigenvalue weighted by Crippen LogP contribution is -1.96. The van der Waals surface area contributed by atoms with Crippen molar-refractivity contribution in [2.45, 2.75) is 8.86 Å². The van der Waals surface area contributed by atoms with Gasteiger partial charge in [-0.3, -0.25) is 10.1 Å². The molecule has 0 heterocycles. The maximum Gasteiger partial charge on any atom is 0.273 e. The van der Waals surface area contributed by atoms with Crippen molar-refractivity contribution < 1.29 is 4.92 Å². The molecule has 0 aliphatic heterocycles. The maximum atomic E-state index is 10.6. The summed E-state index contributed by atoms with van der Waals surface area (Å²) >= 11 is 4.37. The summed E-state index contributed by atoms with van der Waals surface area (Å²) in [7, 11) is 0. The third-order valence-corrected chi connectivity index (χ3v) is 3.31. The van der Waals surface area contributed by atoms with Crippen LogP contribution in [-0.4, -0.2) is 4.92 Å². The van der Waals surface area contributed by atoms with Gasteiger partial charge in [-0.05, 0) is 5.56 Å². The van der Waals surface area contributed by atoms with Gasteiger partial charge in [-0.2, -0.15) is 0 Å². The lowest BCUT2D eigenvalue weighted by atomic mass is 10.1. The number of nitro benzene ring substituents is 1. The Morgan fingerprint density at radius 2 is 2.00 bits per heavy atom. The van der Waals surface area contributed by atoms with Gasteiger partial charge in [0, 0.05) is 20.5 Å². The van der Waals surface area contributed by atoms with Crippen LogP contribution in [0.3, 0.4) is 0 Å². The predicted octanol–water partition coefficient (Wildman–Crippen LogP) is 3.46. The molecule has 0 bridgehead atoms. The third kappa shape index (κ3) is 2.52. The average Bonchev–Trinajstić information content (AvgIpc) is 2.16.